The van der Waals surface area contributed by atoms with E-state index in [4.69, 9.17) is 4.74 Å². The van der Waals surface area contributed by atoms with Crippen molar-refractivity contribution in [2.75, 3.05) is 7.11 Å². The fourth-order valence-electron chi connectivity index (χ4n) is 2.07. The molecule has 0 bridgehead atoms. The van der Waals surface area contributed by atoms with Crippen LogP contribution in [0.4, 0.5) is 0 Å². The molecule has 20 heavy (non-hydrogen) atoms. The monoisotopic (exact) mass is 284 g/mol. The first-order chi connectivity index (χ1) is 9.74. The maximum Gasteiger partial charge on any atom is 0.137 e. The summed E-state index contributed by atoms with van der Waals surface area (Å²) in [6.07, 6.45) is 4.19. The Morgan fingerprint density at radius 2 is 2.10 bits per heavy atom. The van der Waals surface area contributed by atoms with Gasteiger partial charge in [0.05, 0.1) is 12.8 Å². The minimum absolute atomic E-state index is 0.855. The van der Waals surface area contributed by atoms with E-state index in [1.807, 2.05) is 18.2 Å². The molecule has 0 aliphatic carbocycles. The summed E-state index contributed by atoms with van der Waals surface area (Å²) in [7, 11) is 1.69. The van der Waals surface area contributed by atoms with Crippen LogP contribution in [0.2, 0.25) is 0 Å². The Labute approximate surface area is 122 Å². The number of aryl methyl sites for hydroxylation is 1. The third-order valence-electron chi connectivity index (χ3n) is 3.08. The van der Waals surface area contributed by atoms with E-state index >= 15 is 0 Å². The number of ether oxygens (including phenoxy) is 1. The smallest absolute Gasteiger partial charge is 0.137 e. The summed E-state index contributed by atoms with van der Waals surface area (Å²) in [5.74, 6) is 1.74. The number of nitrogens with zero attached hydrogens (tertiary/aromatic N) is 2. The second-order valence-electron chi connectivity index (χ2n) is 4.67. The van der Waals surface area contributed by atoms with Gasteiger partial charge in [-0.1, -0.05) is 12.1 Å². The van der Waals surface area contributed by atoms with E-state index in [2.05, 4.69) is 46.9 Å². The molecule has 3 rings (SSSR count). The summed E-state index contributed by atoms with van der Waals surface area (Å²) in [4.78, 5) is 5.81. The van der Waals surface area contributed by atoms with E-state index < -0.39 is 0 Å². The summed E-state index contributed by atoms with van der Waals surface area (Å²) >= 11 is 1.77. The van der Waals surface area contributed by atoms with Crippen molar-refractivity contribution in [2.24, 2.45) is 0 Å². The SMILES string of the molecule is COc1cccc(SCc2cn3cc(C)ccc3n2)c1. The van der Waals surface area contributed by atoms with Gasteiger partial charge >= 0.3 is 0 Å². The molecule has 3 aromatic rings. The number of hydrogen-bond acceptors (Lipinski definition) is 3. The highest BCUT2D eigenvalue weighted by atomic mass is 32.2. The van der Waals surface area contributed by atoms with Crippen molar-refractivity contribution < 1.29 is 4.74 Å². The fraction of sp³-hybridized carbons (Fsp3) is 0.188. The number of pyridine rings is 1. The third-order valence-corrected chi connectivity index (χ3v) is 4.10. The van der Waals surface area contributed by atoms with E-state index in [9.17, 15) is 0 Å². The summed E-state index contributed by atoms with van der Waals surface area (Å²) in [5, 5.41) is 0. The lowest BCUT2D eigenvalue weighted by atomic mass is 10.3. The first-order valence-electron chi connectivity index (χ1n) is 6.46. The number of hydrogen-bond donors (Lipinski definition) is 0. The van der Waals surface area contributed by atoms with Crippen molar-refractivity contribution in [3.63, 3.8) is 0 Å². The lowest BCUT2D eigenvalue weighted by molar-refractivity contribution is 0.413. The number of benzene rings is 1. The van der Waals surface area contributed by atoms with Gasteiger partial charge in [0, 0.05) is 23.0 Å². The molecule has 0 saturated heterocycles. The molecule has 0 aliphatic heterocycles. The van der Waals surface area contributed by atoms with Crippen LogP contribution in [0.25, 0.3) is 5.65 Å². The van der Waals surface area contributed by atoms with Gasteiger partial charge < -0.3 is 9.14 Å². The molecular formula is C16H16N2OS. The summed E-state index contributed by atoms with van der Waals surface area (Å²) in [6, 6.07) is 12.2. The Hall–Kier alpha value is -1.94. The van der Waals surface area contributed by atoms with Gasteiger partial charge in [0.1, 0.15) is 11.4 Å². The lowest BCUT2D eigenvalue weighted by Crippen LogP contribution is -1.83. The second kappa shape index (κ2) is 5.59. The average Bonchev–Trinajstić information content (AvgIpc) is 2.87. The molecule has 0 fully saturated rings. The van der Waals surface area contributed by atoms with Crippen LogP contribution in [0.1, 0.15) is 11.3 Å². The zero-order chi connectivity index (χ0) is 13.9. The first-order valence-corrected chi connectivity index (χ1v) is 7.44. The number of thioether (sulfide) groups is 1. The van der Waals surface area contributed by atoms with Crippen LogP contribution in [0.5, 0.6) is 5.75 Å². The zero-order valence-electron chi connectivity index (χ0n) is 11.5. The molecule has 0 radical (unpaired) electrons. The molecule has 2 aromatic heterocycles. The van der Waals surface area contributed by atoms with Crippen LogP contribution in [0.3, 0.4) is 0 Å². The number of imidazole rings is 1. The van der Waals surface area contributed by atoms with Gasteiger partial charge in [-0.3, -0.25) is 0 Å². The molecule has 0 amide bonds. The molecule has 3 nitrogen and oxygen atoms in total. The molecule has 0 saturated carbocycles. The minimum atomic E-state index is 0.855. The van der Waals surface area contributed by atoms with Crippen LogP contribution in [-0.2, 0) is 5.75 Å². The number of aromatic nitrogens is 2. The Bertz CT molecular complexity index is 736. The van der Waals surface area contributed by atoms with Crippen molar-refractivity contribution in [2.45, 2.75) is 17.6 Å². The Balaban J connectivity index is 1.76. The van der Waals surface area contributed by atoms with Gasteiger partial charge in [-0.2, -0.15) is 0 Å². The zero-order valence-corrected chi connectivity index (χ0v) is 12.4. The summed E-state index contributed by atoms with van der Waals surface area (Å²) in [6.45, 7) is 2.09. The van der Waals surface area contributed by atoms with Gasteiger partial charge in [0.15, 0.2) is 0 Å². The van der Waals surface area contributed by atoms with Crippen LogP contribution in [0.15, 0.2) is 53.7 Å². The summed E-state index contributed by atoms with van der Waals surface area (Å²) in [5.41, 5.74) is 3.32. The fourth-order valence-corrected chi connectivity index (χ4v) is 2.90. The van der Waals surface area contributed by atoms with Crippen LogP contribution < -0.4 is 4.74 Å². The van der Waals surface area contributed by atoms with Crippen LogP contribution >= 0.6 is 11.8 Å². The molecule has 0 aliphatic rings. The van der Waals surface area contributed by atoms with Gasteiger partial charge in [0.2, 0.25) is 0 Å². The van der Waals surface area contributed by atoms with Crippen molar-refractivity contribution in [3.8, 4) is 5.75 Å². The van der Waals surface area contributed by atoms with E-state index in [1.54, 1.807) is 18.9 Å². The topological polar surface area (TPSA) is 26.5 Å². The van der Waals surface area contributed by atoms with Gasteiger partial charge in [-0.25, -0.2) is 4.98 Å². The quantitative estimate of drug-likeness (QED) is 0.679. The van der Waals surface area contributed by atoms with E-state index in [0.29, 0.717) is 0 Å². The highest BCUT2D eigenvalue weighted by Crippen LogP contribution is 2.25. The summed E-state index contributed by atoms with van der Waals surface area (Å²) < 4.78 is 7.32. The van der Waals surface area contributed by atoms with Gasteiger partial charge in [0.25, 0.3) is 0 Å². The van der Waals surface area contributed by atoms with Crippen molar-refractivity contribution in [1.82, 2.24) is 9.38 Å². The second-order valence-corrected chi connectivity index (χ2v) is 5.72. The number of rotatable bonds is 4. The molecule has 102 valence electrons. The van der Waals surface area contributed by atoms with E-state index in [-0.39, 0.29) is 0 Å². The van der Waals surface area contributed by atoms with E-state index in [1.165, 1.54) is 10.5 Å². The average molecular weight is 284 g/mol. The highest BCUT2D eigenvalue weighted by molar-refractivity contribution is 7.98. The van der Waals surface area contributed by atoms with E-state index in [0.717, 1.165) is 22.8 Å². The van der Waals surface area contributed by atoms with Crippen LogP contribution in [0, 0.1) is 6.92 Å². The molecule has 2 heterocycles. The number of fused-ring (bicyclic) bond motifs is 1. The molecule has 0 atom stereocenters. The van der Waals surface area contributed by atoms with Crippen molar-refractivity contribution >= 4 is 17.4 Å². The van der Waals surface area contributed by atoms with Crippen molar-refractivity contribution in [3.05, 3.63) is 60.0 Å². The Morgan fingerprint density at radius 3 is 2.95 bits per heavy atom. The highest BCUT2D eigenvalue weighted by Gasteiger charge is 2.03. The van der Waals surface area contributed by atoms with Gasteiger partial charge in [-0.05, 0) is 36.8 Å². The Morgan fingerprint density at radius 1 is 1.20 bits per heavy atom. The normalized spacial score (nSPS) is 10.9. The molecular weight excluding hydrogens is 268 g/mol. The maximum atomic E-state index is 5.24. The minimum Gasteiger partial charge on any atom is -0.497 e. The van der Waals surface area contributed by atoms with Crippen molar-refractivity contribution in [1.29, 1.82) is 0 Å². The molecule has 0 unspecified atom stereocenters. The van der Waals surface area contributed by atoms with Gasteiger partial charge in [-0.15, -0.1) is 11.8 Å². The predicted octanol–water partition coefficient (Wildman–Crippen LogP) is 3.94. The molecule has 0 N–H and O–H groups in total. The number of methoxy groups -OCH3 is 1. The Kier molecular flexibility index (Phi) is 3.65. The lowest BCUT2D eigenvalue weighted by Gasteiger charge is -2.02. The van der Waals surface area contributed by atoms with Crippen LogP contribution in [-0.4, -0.2) is 16.5 Å². The first kappa shape index (κ1) is 13.1. The predicted molar refractivity (Wildman–Crippen MR) is 82.5 cm³/mol. The molecule has 1 aromatic carbocycles. The maximum absolute atomic E-state index is 5.24. The largest absolute Gasteiger partial charge is 0.497 e. The third kappa shape index (κ3) is 2.80. The standard InChI is InChI=1S/C16H16N2OS/c1-12-6-7-16-17-13(10-18(16)9-12)11-20-15-5-3-4-14(8-15)19-2/h3-10H,11H2,1-2H3. The molecule has 4 heteroatoms. The molecule has 0 spiro atoms.